The van der Waals surface area contributed by atoms with Crippen molar-refractivity contribution in [1.29, 1.82) is 0 Å². The molecular formula is C10H15N3O2. The van der Waals surface area contributed by atoms with E-state index in [1.807, 2.05) is 6.92 Å². The summed E-state index contributed by atoms with van der Waals surface area (Å²) >= 11 is 0. The zero-order chi connectivity index (χ0) is 10.7. The average Bonchev–Trinajstić information content (AvgIpc) is 2.85. The van der Waals surface area contributed by atoms with Gasteiger partial charge in [0.2, 0.25) is 5.91 Å². The second-order valence-corrected chi connectivity index (χ2v) is 4.04. The van der Waals surface area contributed by atoms with Gasteiger partial charge in [-0.05, 0) is 26.3 Å². The highest BCUT2D eigenvalue weighted by molar-refractivity contribution is 5.86. The fourth-order valence-electron chi connectivity index (χ4n) is 1.78. The van der Waals surface area contributed by atoms with E-state index in [4.69, 9.17) is 0 Å². The molecule has 5 nitrogen and oxygen atoms in total. The second-order valence-electron chi connectivity index (χ2n) is 4.04. The minimum atomic E-state index is -0.413. The topological polar surface area (TPSA) is 67.2 Å². The molecule has 0 saturated carbocycles. The Kier molecular flexibility index (Phi) is 2.73. The van der Waals surface area contributed by atoms with Gasteiger partial charge in [0, 0.05) is 6.07 Å². The maximum atomic E-state index is 11.8. The first-order valence-corrected chi connectivity index (χ1v) is 5.13. The van der Waals surface area contributed by atoms with Crippen molar-refractivity contribution in [2.45, 2.75) is 31.8 Å². The SMILES string of the molecule is CC1(C(=O)NCc2ccon2)CCCN1. The highest BCUT2D eigenvalue weighted by Crippen LogP contribution is 2.18. The molecule has 2 heterocycles. The quantitative estimate of drug-likeness (QED) is 0.757. The lowest BCUT2D eigenvalue weighted by atomic mass is 9.99. The molecule has 0 aromatic carbocycles. The molecule has 1 saturated heterocycles. The minimum Gasteiger partial charge on any atom is -0.364 e. The van der Waals surface area contributed by atoms with Crippen molar-refractivity contribution in [3.8, 4) is 0 Å². The molecule has 2 rings (SSSR count). The Hall–Kier alpha value is -1.36. The molecule has 1 unspecified atom stereocenters. The number of hydrogen-bond donors (Lipinski definition) is 2. The van der Waals surface area contributed by atoms with Crippen molar-refractivity contribution in [3.63, 3.8) is 0 Å². The standard InChI is InChI=1S/C10H15N3O2/c1-10(4-2-5-12-10)9(14)11-7-8-3-6-15-13-8/h3,6,12H,2,4-5,7H2,1H3,(H,11,14). The van der Waals surface area contributed by atoms with Crippen LogP contribution in [0.2, 0.25) is 0 Å². The first kappa shape index (κ1) is 10.2. The number of carbonyl (C=O) groups is 1. The van der Waals surface area contributed by atoms with Crippen molar-refractivity contribution >= 4 is 5.91 Å². The Morgan fingerprint density at radius 2 is 2.67 bits per heavy atom. The van der Waals surface area contributed by atoms with E-state index in [1.165, 1.54) is 6.26 Å². The summed E-state index contributed by atoms with van der Waals surface area (Å²) in [5.41, 5.74) is 0.328. The predicted octanol–water partition coefficient (Wildman–Crippen LogP) is 0.433. The summed E-state index contributed by atoms with van der Waals surface area (Å²) in [6, 6.07) is 1.74. The molecule has 0 aliphatic carbocycles. The van der Waals surface area contributed by atoms with Crippen LogP contribution in [0.1, 0.15) is 25.5 Å². The van der Waals surface area contributed by atoms with Crippen molar-refractivity contribution < 1.29 is 9.32 Å². The van der Waals surface area contributed by atoms with Gasteiger partial charge in [0.05, 0.1) is 12.1 Å². The van der Waals surface area contributed by atoms with E-state index in [-0.39, 0.29) is 5.91 Å². The third-order valence-electron chi connectivity index (χ3n) is 2.79. The Balaban J connectivity index is 1.87. The number of nitrogens with zero attached hydrogens (tertiary/aromatic N) is 1. The lowest BCUT2D eigenvalue weighted by Gasteiger charge is -2.22. The van der Waals surface area contributed by atoms with E-state index in [1.54, 1.807) is 6.07 Å². The zero-order valence-corrected chi connectivity index (χ0v) is 8.75. The smallest absolute Gasteiger partial charge is 0.240 e. The van der Waals surface area contributed by atoms with E-state index >= 15 is 0 Å². The summed E-state index contributed by atoms with van der Waals surface area (Å²) in [6.07, 6.45) is 3.43. The molecule has 1 aromatic heterocycles. The summed E-state index contributed by atoms with van der Waals surface area (Å²) in [5, 5.41) is 9.78. The third-order valence-corrected chi connectivity index (χ3v) is 2.79. The molecule has 82 valence electrons. The van der Waals surface area contributed by atoms with Crippen LogP contribution < -0.4 is 10.6 Å². The third kappa shape index (κ3) is 2.18. The summed E-state index contributed by atoms with van der Waals surface area (Å²) < 4.78 is 4.68. The van der Waals surface area contributed by atoms with Gasteiger partial charge in [-0.1, -0.05) is 5.16 Å². The van der Waals surface area contributed by atoms with Gasteiger partial charge in [0.15, 0.2) is 0 Å². The fraction of sp³-hybridized carbons (Fsp3) is 0.600. The molecule has 1 aliphatic heterocycles. The van der Waals surface area contributed by atoms with Gasteiger partial charge in [-0.3, -0.25) is 4.79 Å². The molecule has 15 heavy (non-hydrogen) atoms. The first-order valence-electron chi connectivity index (χ1n) is 5.13. The largest absolute Gasteiger partial charge is 0.364 e. The van der Waals surface area contributed by atoms with E-state index in [0.29, 0.717) is 6.54 Å². The average molecular weight is 209 g/mol. The minimum absolute atomic E-state index is 0.0306. The lowest BCUT2D eigenvalue weighted by Crippen LogP contribution is -2.50. The second kappa shape index (κ2) is 4.02. The van der Waals surface area contributed by atoms with E-state index in [2.05, 4.69) is 20.3 Å². The van der Waals surface area contributed by atoms with Crippen LogP contribution in [0.4, 0.5) is 0 Å². The molecule has 0 spiro atoms. The maximum absolute atomic E-state index is 11.8. The molecule has 5 heteroatoms. The van der Waals surface area contributed by atoms with Crippen LogP contribution >= 0.6 is 0 Å². The fourth-order valence-corrected chi connectivity index (χ4v) is 1.78. The van der Waals surface area contributed by atoms with Gasteiger partial charge >= 0.3 is 0 Å². The number of aromatic nitrogens is 1. The monoisotopic (exact) mass is 209 g/mol. The normalized spacial score (nSPS) is 25.4. The first-order chi connectivity index (χ1) is 7.21. The van der Waals surface area contributed by atoms with Gasteiger partial charge in [-0.25, -0.2) is 0 Å². The summed E-state index contributed by atoms with van der Waals surface area (Å²) in [4.78, 5) is 11.8. The Bertz CT molecular complexity index is 328. The molecule has 2 N–H and O–H groups in total. The van der Waals surface area contributed by atoms with Crippen LogP contribution in [0, 0.1) is 0 Å². The number of amides is 1. The van der Waals surface area contributed by atoms with Crippen LogP contribution in [0.3, 0.4) is 0 Å². The van der Waals surface area contributed by atoms with Gasteiger partial charge in [0.25, 0.3) is 0 Å². The number of carbonyl (C=O) groups excluding carboxylic acids is 1. The molecule has 1 fully saturated rings. The van der Waals surface area contributed by atoms with E-state index in [0.717, 1.165) is 25.1 Å². The molecule has 1 atom stereocenters. The number of nitrogens with one attached hydrogen (secondary N) is 2. The molecular weight excluding hydrogens is 194 g/mol. The van der Waals surface area contributed by atoms with Crippen LogP contribution in [-0.2, 0) is 11.3 Å². The maximum Gasteiger partial charge on any atom is 0.240 e. The molecule has 1 amide bonds. The molecule has 1 aliphatic rings. The molecule has 1 aromatic rings. The summed E-state index contributed by atoms with van der Waals surface area (Å²) in [5.74, 6) is 0.0306. The summed E-state index contributed by atoms with van der Waals surface area (Å²) in [7, 11) is 0. The Labute approximate surface area is 88.2 Å². The van der Waals surface area contributed by atoms with Crippen LogP contribution in [-0.4, -0.2) is 23.1 Å². The van der Waals surface area contributed by atoms with Gasteiger partial charge < -0.3 is 15.2 Å². The molecule has 0 bridgehead atoms. The van der Waals surface area contributed by atoms with Crippen LogP contribution in [0.5, 0.6) is 0 Å². The lowest BCUT2D eigenvalue weighted by molar-refractivity contribution is -0.126. The molecule has 0 radical (unpaired) electrons. The number of hydrogen-bond acceptors (Lipinski definition) is 4. The Morgan fingerprint density at radius 1 is 1.80 bits per heavy atom. The predicted molar refractivity (Wildman–Crippen MR) is 54.0 cm³/mol. The van der Waals surface area contributed by atoms with Crippen LogP contribution in [0.25, 0.3) is 0 Å². The highest BCUT2D eigenvalue weighted by atomic mass is 16.5. The number of rotatable bonds is 3. The summed E-state index contributed by atoms with van der Waals surface area (Å²) in [6.45, 7) is 3.26. The van der Waals surface area contributed by atoms with Crippen molar-refractivity contribution in [3.05, 3.63) is 18.0 Å². The van der Waals surface area contributed by atoms with Gasteiger partial charge in [-0.2, -0.15) is 0 Å². The highest BCUT2D eigenvalue weighted by Gasteiger charge is 2.35. The van der Waals surface area contributed by atoms with Crippen molar-refractivity contribution in [1.82, 2.24) is 15.8 Å². The van der Waals surface area contributed by atoms with E-state index < -0.39 is 5.54 Å². The zero-order valence-electron chi connectivity index (χ0n) is 8.75. The van der Waals surface area contributed by atoms with E-state index in [9.17, 15) is 4.79 Å². The Morgan fingerprint density at radius 3 is 3.27 bits per heavy atom. The van der Waals surface area contributed by atoms with Crippen molar-refractivity contribution in [2.75, 3.05) is 6.54 Å². The van der Waals surface area contributed by atoms with Gasteiger partial charge in [0.1, 0.15) is 12.0 Å². The van der Waals surface area contributed by atoms with Crippen LogP contribution in [0.15, 0.2) is 16.9 Å². The van der Waals surface area contributed by atoms with Crippen molar-refractivity contribution in [2.24, 2.45) is 0 Å². The van der Waals surface area contributed by atoms with Gasteiger partial charge in [-0.15, -0.1) is 0 Å².